The Morgan fingerprint density at radius 2 is 0.603 bits per heavy atom. The predicted octanol–water partition coefficient (Wildman–Crippen LogP) is 20.0. The first-order chi connectivity index (χ1) is 38.6. The Morgan fingerprint density at radius 3 is 1.01 bits per heavy atom. The van der Waals surface area contributed by atoms with Gasteiger partial charge < -0.3 is 18.6 Å². The topological polar surface area (TPSA) is 28.3 Å². The van der Waals surface area contributed by atoms with E-state index in [-0.39, 0.29) is 0 Å². The molecule has 1 aliphatic carbocycles. The van der Waals surface area contributed by atoms with Crippen molar-refractivity contribution in [2.75, 3.05) is 0 Å². The minimum atomic E-state index is -0.809. The van der Waals surface area contributed by atoms with Gasteiger partial charge in [-0.2, -0.15) is 0 Å². The number of nitrogens with zero attached hydrogens (tertiary/aromatic N) is 2. The second-order valence-electron chi connectivity index (χ2n) is 21.0. The van der Waals surface area contributed by atoms with Crippen molar-refractivity contribution in [3.05, 3.63) is 274 Å². The van der Waals surface area contributed by atoms with Crippen molar-refractivity contribution in [2.24, 2.45) is 0 Å². The molecule has 0 N–H and O–H groups in total. The van der Waals surface area contributed by atoms with Gasteiger partial charge in [-0.05, 0) is 96.1 Å². The molecule has 0 saturated heterocycles. The summed E-state index contributed by atoms with van der Waals surface area (Å²) in [5.41, 5.74) is 10.2. The average Bonchev–Trinajstić information content (AvgIpc) is 2.08. The van der Waals surface area contributed by atoms with Gasteiger partial charge in [0.1, 0.15) is 33.0 Å². The molecule has 8 heterocycles. The summed E-state index contributed by atoms with van der Waals surface area (Å²) in [6.07, 6.45) is 0. The SMILES string of the molecule is c1ccc2c(c1)Oc1ccccc1C21c2cc(-n3c4ccccc4c4cc5c(cc43)sc3ccccc35)sc2C2(c3ccccc3Oc3ccccc32)c2cc(-n3c4ccccc4c4cc5c(cc43)sc3ccccc35)sc21. The number of thiophene rings is 4. The number of ether oxygens (including phenoxy) is 2. The normalized spacial score (nSPS) is 14.6. The van der Waals surface area contributed by atoms with E-state index >= 15 is 0 Å². The molecule has 16 aromatic rings. The second-order valence-corrected chi connectivity index (χ2v) is 25.2. The lowest BCUT2D eigenvalue weighted by Gasteiger charge is -2.50. The summed E-state index contributed by atoms with van der Waals surface area (Å²) in [6.45, 7) is 0. The molecule has 6 aromatic heterocycles. The van der Waals surface area contributed by atoms with Gasteiger partial charge in [-0.3, -0.25) is 0 Å². The second kappa shape index (κ2) is 15.0. The van der Waals surface area contributed by atoms with Crippen molar-refractivity contribution in [1.82, 2.24) is 9.13 Å². The van der Waals surface area contributed by atoms with E-state index in [1.54, 1.807) is 0 Å². The molecule has 364 valence electrons. The zero-order valence-electron chi connectivity index (χ0n) is 41.3. The van der Waals surface area contributed by atoms with E-state index in [2.05, 4.69) is 240 Å². The van der Waals surface area contributed by atoms with Gasteiger partial charge in [0.05, 0.1) is 32.9 Å². The third-order valence-corrected chi connectivity index (χ3v) is 22.1. The quantitative estimate of drug-likeness (QED) is 0.173. The highest BCUT2D eigenvalue weighted by atomic mass is 32.1. The van der Waals surface area contributed by atoms with Crippen LogP contribution in [0.2, 0.25) is 0 Å². The molecular formula is C70H38N2O2S4. The van der Waals surface area contributed by atoms with Crippen LogP contribution < -0.4 is 9.47 Å². The third-order valence-electron chi connectivity index (χ3n) is 17.3. The van der Waals surface area contributed by atoms with Crippen molar-refractivity contribution in [3.63, 3.8) is 0 Å². The highest BCUT2D eigenvalue weighted by Gasteiger charge is 2.61. The van der Waals surface area contributed by atoms with Crippen LogP contribution in [0.15, 0.2) is 231 Å². The molecule has 8 heteroatoms. The maximum Gasteiger partial charge on any atom is 0.132 e. The van der Waals surface area contributed by atoms with Crippen LogP contribution >= 0.6 is 45.3 Å². The predicted molar refractivity (Wildman–Crippen MR) is 327 cm³/mol. The molecular weight excluding hydrogens is 1030 g/mol. The van der Waals surface area contributed by atoms with Gasteiger partial charge in [-0.25, -0.2) is 0 Å². The van der Waals surface area contributed by atoms with Crippen LogP contribution in [0.3, 0.4) is 0 Å². The third kappa shape index (κ3) is 5.15. The maximum atomic E-state index is 7.08. The molecule has 19 rings (SSSR count). The molecule has 0 fully saturated rings. The Kier molecular flexibility index (Phi) is 8.17. The average molecular weight is 1070 g/mol. The van der Waals surface area contributed by atoms with Gasteiger partial charge in [0.15, 0.2) is 0 Å². The number of para-hydroxylation sites is 6. The molecule has 0 unspecified atom stereocenters. The standard InChI is InChI=1S/C70H38N2O2S4/c1-9-25-53-39(17-1)43-33-45-41-19-3-15-31-61(41)75-63(45)37-55(43)71(53)65-35-51-67(77-65)70(49-23-7-13-29-59(49)74-60-30-14-8-24-50(60)70)52-36-66(78-68(52)69(51)47-21-5-11-27-57(47)73-58-28-12-6-22-48(58)69)72-54-26-10-2-18-40(54)44-34-46-42-20-4-16-32-62(42)76-64(46)38-56(44)72/h1-38H. The number of hydrogen-bond acceptors (Lipinski definition) is 6. The Balaban J connectivity index is 0.996. The Bertz CT molecular complexity index is 4860. The van der Waals surface area contributed by atoms with E-state index in [9.17, 15) is 0 Å². The van der Waals surface area contributed by atoms with Crippen LogP contribution in [0.5, 0.6) is 23.0 Å². The maximum absolute atomic E-state index is 7.08. The van der Waals surface area contributed by atoms with Gasteiger partial charge in [-0.1, -0.05) is 146 Å². The van der Waals surface area contributed by atoms with Crippen LogP contribution in [-0.2, 0) is 10.8 Å². The number of rotatable bonds is 2. The van der Waals surface area contributed by atoms with Crippen molar-refractivity contribution < 1.29 is 9.47 Å². The molecule has 3 aliphatic rings. The summed E-state index contributed by atoms with van der Waals surface area (Å²) in [7, 11) is 0. The first kappa shape index (κ1) is 42.4. The van der Waals surface area contributed by atoms with Crippen LogP contribution in [0, 0.1) is 0 Å². The smallest absolute Gasteiger partial charge is 0.132 e. The van der Waals surface area contributed by atoms with Crippen molar-refractivity contribution in [1.29, 1.82) is 0 Å². The van der Waals surface area contributed by atoms with Crippen molar-refractivity contribution >= 4 is 129 Å². The largest absolute Gasteiger partial charge is 0.457 e. The molecule has 2 spiro atoms. The molecule has 0 radical (unpaired) electrons. The van der Waals surface area contributed by atoms with E-state index in [0.29, 0.717) is 0 Å². The number of hydrogen-bond donors (Lipinski definition) is 0. The molecule has 0 atom stereocenters. The van der Waals surface area contributed by atoms with Crippen molar-refractivity contribution in [3.8, 4) is 33.0 Å². The van der Waals surface area contributed by atoms with Gasteiger partial charge in [0, 0.05) is 93.9 Å². The van der Waals surface area contributed by atoms with E-state index in [4.69, 9.17) is 9.47 Å². The molecule has 4 nitrogen and oxygen atoms in total. The number of aromatic nitrogens is 2. The Hall–Kier alpha value is -8.76. The van der Waals surface area contributed by atoms with Crippen LogP contribution in [0.4, 0.5) is 0 Å². The van der Waals surface area contributed by atoms with E-state index < -0.39 is 10.8 Å². The molecule has 0 amide bonds. The minimum Gasteiger partial charge on any atom is -0.457 e. The lowest BCUT2D eigenvalue weighted by molar-refractivity contribution is 0.418. The van der Waals surface area contributed by atoms with Crippen LogP contribution in [0.25, 0.3) is 94.0 Å². The van der Waals surface area contributed by atoms with Gasteiger partial charge in [-0.15, -0.1) is 45.3 Å². The van der Waals surface area contributed by atoms with Crippen LogP contribution in [-0.4, -0.2) is 9.13 Å². The van der Waals surface area contributed by atoms with Crippen LogP contribution in [0.1, 0.15) is 43.1 Å². The lowest BCUT2D eigenvalue weighted by Crippen LogP contribution is -2.45. The molecule has 10 aromatic carbocycles. The highest BCUT2D eigenvalue weighted by molar-refractivity contribution is 7.26. The van der Waals surface area contributed by atoms with Gasteiger partial charge in [0.25, 0.3) is 0 Å². The Labute approximate surface area is 462 Å². The van der Waals surface area contributed by atoms with E-state index in [0.717, 1.165) is 45.3 Å². The fraction of sp³-hybridized carbons (Fsp3) is 0.0286. The number of benzene rings is 10. The molecule has 2 aliphatic heterocycles. The fourth-order valence-corrected chi connectivity index (χ4v) is 19.4. The summed E-state index contributed by atoms with van der Waals surface area (Å²) in [5, 5.41) is 12.5. The Morgan fingerprint density at radius 1 is 0.256 bits per heavy atom. The first-order valence-electron chi connectivity index (χ1n) is 26.4. The number of fused-ring (bicyclic) bond motifs is 26. The summed E-state index contributed by atoms with van der Waals surface area (Å²) < 4.78 is 24.5. The zero-order chi connectivity index (χ0) is 50.6. The van der Waals surface area contributed by atoms with E-state index in [1.807, 2.05) is 45.3 Å². The lowest BCUT2D eigenvalue weighted by atomic mass is 9.54. The highest BCUT2D eigenvalue weighted by Crippen LogP contribution is 2.70. The summed E-state index contributed by atoms with van der Waals surface area (Å²) in [4.78, 5) is 2.54. The molecule has 0 bridgehead atoms. The van der Waals surface area contributed by atoms with E-state index in [1.165, 1.54) is 115 Å². The summed E-state index contributed by atoms with van der Waals surface area (Å²) in [6, 6.07) is 86.0. The summed E-state index contributed by atoms with van der Waals surface area (Å²) in [5.74, 6) is 3.47. The zero-order valence-corrected chi connectivity index (χ0v) is 44.5. The minimum absolute atomic E-state index is 0.809. The van der Waals surface area contributed by atoms with Gasteiger partial charge >= 0.3 is 0 Å². The first-order valence-corrected chi connectivity index (χ1v) is 29.6. The molecule has 78 heavy (non-hydrogen) atoms. The fourth-order valence-electron chi connectivity index (χ4n) is 14.2. The summed E-state index contributed by atoms with van der Waals surface area (Å²) >= 11 is 7.62. The monoisotopic (exact) mass is 1070 g/mol. The van der Waals surface area contributed by atoms with Crippen molar-refractivity contribution in [2.45, 2.75) is 10.8 Å². The molecule has 0 saturated carbocycles. The van der Waals surface area contributed by atoms with Gasteiger partial charge in [0.2, 0.25) is 0 Å².